The van der Waals surface area contributed by atoms with Crippen molar-refractivity contribution in [2.75, 3.05) is 7.05 Å². The molecule has 2 nitrogen and oxygen atoms in total. The van der Waals surface area contributed by atoms with Gasteiger partial charge in [0.15, 0.2) is 0 Å². The fraction of sp³-hybridized carbons (Fsp3) is 0.500. The highest BCUT2D eigenvalue weighted by Crippen LogP contribution is 2.09. The summed E-state index contributed by atoms with van der Waals surface area (Å²) in [4.78, 5) is 1.92. The molecule has 1 rings (SSSR count). The molecule has 8 heavy (non-hydrogen) atoms. The van der Waals surface area contributed by atoms with E-state index in [1.54, 1.807) is 0 Å². The second-order valence-corrected chi connectivity index (χ2v) is 1.93. The van der Waals surface area contributed by atoms with Crippen molar-refractivity contribution >= 4 is 0 Å². The molecule has 0 saturated heterocycles. The van der Waals surface area contributed by atoms with Crippen LogP contribution in [0.15, 0.2) is 12.3 Å². The van der Waals surface area contributed by atoms with Crippen LogP contribution < -0.4 is 0 Å². The van der Waals surface area contributed by atoms with Gasteiger partial charge in [0.1, 0.15) is 6.04 Å². The SMILES string of the molecule is CN1C=CCC1C#N. The molecule has 0 aliphatic carbocycles. The van der Waals surface area contributed by atoms with Crippen LogP contribution in [0.5, 0.6) is 0 Å². The minimum absolute atomic E-state index is 0.0926. The lowest BCUT2D eigenvalue weighted by atomic mass is 10.3. The zero-order chi connectivity index (χ0) is 5.98. The molecule has 0 aromatic heterocycles. The van der Waals surface area contributed by atoms with E-state index in [0.717, 1.165) is 6.42 Å². The lowest BCUT2D eigenvalue weighted by molar-refractivity contribution is 0.424. The standard InChI is InChI=1S/C6H8N2/c1-8-4-2-3-6(8)5-7/h2,4,6H,3H2,1H3. The van der Waals surface area contributed by atoms with E-state index in [1.807, 2.05) is 24.2 Å². The first-order valence-corrected chi connectivity index (χ1v) is 2.63. The lowest BCUT2D eigenvalue weighted by Crippen LogP contribution is -2.19. The van der Waals surface area contributed by atoms with Crippen LogP contribution in [-0.2, 0) is 0 Å². The van der Waals surface area contributed by atoms with E-state index >= 15 is 0 Å². The molecule has 1 heterocycles. The Morgan fingerprint density at radius 2 is 2.62 bits per heavy atom. The summed E-state index contributed by atoms with van der Waals surface area (Å²) in [5.74, 6) is 0. The van der Waals surface area contributed by atoms with E-state index in [4.69, 9.17) is 5.26 Å². The molecule has 0 saturated carbocycles. The Hall–Kier alpha value is -0.970. The Morgan fingerprint density at radius 1 is 1.88 bits per heavy atom. The number of nitrogens with zero attached hydrogens (tertiary/aromatic N) is 2. The molecule has 1 aliphatic heterocycles. The zero-order valence-corrected chi connectivity index (χ0v) is 4.83. The van der Waals surface area contributed by atoms with Crippen LogP contribution in [0.1, 0.15) is 6.42 Å². The summed E-state index contributed by atoms with van der Waals surface area (Å²) in [6.07, 6.45) is 4.83. The summed E-state index contributed by atoms with van der Waals surface area (Å²) < 4.78 is 0. The molecular formula is C6H8N2. The Kier molecular flexibility index (Phi) is 1.21. The highest BCUT2D eigenvalue weighted by atomic mass is 15.1. The van der Waals surface area contributed by atoms with Crippen molar-refractivity contribution in [1.29, 1.82) is 5.26 Å². The highest BCUT2D eigenvalue weighted by Gasteiger charge is 2.12. The van der Waals surface area contributed by atoms with Gasteiger partial charge in [-0.25, -0.2) is 0 Å². The van der Waals surface area contributed by atoms with Crippen LogP contribution in [0, 0.1) is 11.3 Å². The Morgan fingerprint density at radius 3 is 2.88 bits per heavy atom. The van der Waals surface area contributed by atoms with E-state index in [2.05, 4.69) is 6.07 Å². The van der Waals surface area contributed by atoms with E-state index in [1.165, 1.54) is 0 Å². The van der Waals surface area contributed by atoms with Gasteiger partial charge in [-0.1, -0.05) is 6.08 Å². The summed E-state index contributed by atoms with van der Waals surface area (Å²) in [6, 6.07) is 2.27. The third-order valence-electron chi connectivity index (χ3n) is 1.34. The third-order valence-corrected chi connectivity index (χ3v) is 1.34. The van der Waals surface area contributed by atoms with Crippen molar-refractivity contribution in [2.45, 2.75) is 12.5 Å². The molecule has 42 valence electrons. The third kappa shape index (κ3) is 0.671. The van der Waals surface area contributed by atoms with Crippen LogP contribution in [0.25, 0.3) is 0 Å². The van der Waals surface area contributed by atoms with Crippen LogP contribution in [0.2, 0.25) is 0 Å². The van der Waals surface area contributed by atoms with Gasteiger partial charge in [-0.3, -0.25) is 0 Å². The van der Waals surface area contributed by atoms with Crippen LogP contribution in [-0.4, -0.2) is 18.0 Å². The molecule has 0 bridgehead atoms. The van der Waals surface area contributed by atoms with Gasteiger partial charge in [-0.2, -0.15) is 5.26 Å². The van der Waals surface area contributed by atoms with Crippen molar-refractivity contribution in [3.05, 3.63) is 12.3 Å². The first kappa shape index (κ1) is 5.17. The van der Waals surface area contributed by atoms with E-state index < -0.39 is 0 Å². The summed E-state index contributed by atoms with van der Waals surface area (Å²) in [6.45, 7) is 0. The Balaban J connectivity index is 2.54. The number of nitriles is 1. The molecule has 0 radical (unpaired) electrons. The first-order valence-electron chi connectivity index (χ1n) is 2.63. The fourth-order valence-electron chi connectivity index (χ4n) is 0.770. The minimum Gasteiger partial charge on any atom is -0.365 e. The number of hydrogen-bond donors (Lipinski definition) is 0. The second-order valence-electron chi connectivity index (χ2n) is 1.93. The van der Waals surface area contributed by atoms with E-state index in [-0.39, 0.29) is 6.04 Å². The predicted molar refractivity (Wildman–Crippen MR) is 30.9 cm³/mol. The molecular weight excluding hydrogens is 100 g/mol. The first-order chi connectivity index (χ1) is 3.84. The van der Waals surface area contributed by atoms with Gasteiger partial charge < -0.3 is 4.90 Å². The molecule has 0 aromatic carbocycles. The molecule has 0 aromatic rings. The van der Waals surface area contributed by atoms with Gasteiger partial charge in [-0.15, -0.1) is 0 Å². The van der Waals surface area contributed by atoms with Crippen LogP contribution >= 0.6 is 0 Å². The highest BCUT2D eigenvalue weighted by molar-refractivity contribution is 5.05. The largest absolute Gasteiger partial charge is 0.365 e. The maximum Gasteiger partial charge on any atom is 0.119 e. The lowest BCUT2D eigenvalue weighted by Gasteiger charge is -2.11. The predicted octanol–water partition coefficient (Wildman–Crippen LogP) is 0.728. The van der Waals surface area contributed by atoms with Gasteiger partial charge in [0.05, 0.1) is 6.07 Å². The molecule has 2 heteroatoms. The normalized spacial score (nSPS) is 26.0. The van der Waals surface area contributed by atoms with Crippen molar-refractivity contribution < 1.29 is 0 Å². The summed E-state index contributed by atoms with van der Waals surface area (Å²) in [5, 5.41) is 8.40. The molecule has 0 fully saturated rings. The van der Waals surface area contributed by atoms with Gasteiger partial charge in [0, 0.05) is 13.5 Å². The van der Waals surface area contributed by atoms with Crippen LogP contribution in [0.3, 0.4) is 0 Å². The monoisotopic (exact) mass is 108 g/mol. The molecule has 1 unspecified atom stereocenters. The van der Waals surface area contributed by atoms with Gasteiger partial charge in [0.25, 0.3) is 0 Å². The van der Waals surface area contributed by atoms with Gasteiger partial charge in [0.2, 0.25) is 0 Å². The van der Waals surface area contributed by atoms with Crippen LogP contribution in [0.4, 0.5) is 0 Å². The zero-order valence-electron chi connectivity index (χ0n) is 4.83. The van der Waals surface area contributed by atoms with Crippen molar-refractivity contribution in [1.82, 2.24) is 4.90 Å². The van der Waals surface area contributed by atoms with E-state index in [0.29, 0.717) is 0 Å². The van der Waals surface area contributed by atoms with Gasteiger partial charge >= 0.3 is 0 Å². The molecule has 1 aliphatic rings. The van der Waals surface area contributed by atoms with Gasteiger partial charge in [-0.05, 0) is 6.20 Å². The fourth-order valence-corrected chi connectivity index (χ4v) is 0.770. The molecule has 1 atom stereocenters. The topological polar surface area (TPSA) is 27.0 Å². The maximum atomic E-state index is 8.40. The minimum atomic E-state index is 0.0926. The van der Waals surface area contributed by atoms with Crippen molar-refractivity contribution in [3.63, 3.8) is 0 Å². The summed E-state index contributed by atoms with van der Waals surface area (Å²) >= 11 is 0. The second kappa shape index (κ2) is 1.87. The number of hydrogen-bond acceptors (Lipinski definition) is 2. The number of rotatable bonds is 0. The average molecular weight is 108 g/mol. The summed E-state index contributed by atoms with van der Waals surface area (Å²) in [5.41, 5.74) is 0. The Bertz CT molecular complexity index is 143. The quantitative estimate of drug-likeness (QED) is 0.457. The molecule has 0 N–H and O–H groups in total. The maximum absolute atomic E-state index is 8.40. The summed E-state index contributed by atoms with van der Waals surface area (Å²) in [7, 11) is 1.91. The average Bonchev–Trinajstić information content (AvgIpc) is 2.14. The van der Waals surface area contributed by atoms with Crippen molar-refractivity contribution in [3.8, 4) is 6.07 Å². The smallest absolute Gasteiger partial charge is 0.119 e. The van der Waals surface area contributed by atoms with Crippen molar-refractivity contribution in [2.24, 2.45) is 0 Å². The van der Waals surface area contributed by atoms with E-state index in [9.17, 15) is 0 Å². The molecule has 0 spiro atoms. The molecule has 0 amide bonds. The Labute approximate surface area is 49.0 Å².